The fourth-order valence-electron chi connectivity index (χ4n) is 1.24. The van der Waals surface area contributed by atoms with Gasteiger partial charge in [0, 0.05) is 6.92 Å². The van der Waals surface area contributed by atoms with Crippen LogP contribution in [0.3, 0.4) is 0 Å². The molecule has 1 aliphatic rings. The van der Waals surface area contributed by atoms with Crippen molar-refractivity contribution in [3.63, 3.8) is 0 Å². The number of nitrogen functional groups attached to an aromatic ring is 1. The summed E-state index contributed by atoms with van der Waals surface area (Å²) in [6, 6.07) is 0. The quantitative estimate of drug-likeness (QED) is 0.334. The first-order valence-corrected chi connectivity index (χ1v) is 5.05. The molecule has 1 saturated heterocycles. The fraction of sp³-hybridized carbons (Fsp3) is 0.333. The number of epoxide rings is 1. The van der Waals surface area contributed by atoms with Gasteiger partial charge in [-0.2, -0.15) is 0 Å². The number of ether oxygens (including phenoxy) is 1. The first-order chi connectivity index (χ1) is 8.47. The molecule has 18 heavy (non-hydrogen) atoms. The molecule has 1 atom stereocenters. The molecule has 9 heteroatoms. The van der Waals surface area contributed by atoms with Crippen LogP contribution < -0.4 is 26.7 Å². The van der Waals surface area contributed by atoms with Crippen molar-refractivity contribution in [3.05, 3.63) is 23.6 Å². The van der Waals surface area contributed by atoms with Crippen LogP contribution in [0.1, 0.15) is 17.3 Å². The summed E-state index contributed by atoms with van der Waals surface area (Å²) in [5.41, 5.74) is 5.33. The van der Waals surface area contributed by atoms with Gasteiger partial charge in [0.25, 0.3) is 5.91 Å². The molecule has 1 aromatic heterocycles. The third kappa shape index (κ3) is 2.63. The van der Waals surface area contributed by atoms with Crippen molar-refractivity contribution >= 4 is 11.9 Å². The molecule has 4 N–H and O–H groups in total. The Labute approximate surface area is 101 Å². The molecule has 96 valence electrons. The van der Waals surface area contributed by atoms with Crippen molar-refractivity contribution < 1.29 is 23.8 Å². The minimum absolute atomic E-state index is 0.0782. The van der Waals surface area contributed by atoms with Crippen LogP contribution >= 0.6 is 0 Å². The van der Waals surface area contributed by atoms with Crippen LogP contribution in [0.2, 0.25) is 0 Å². The average molecular weight is 254 g/mol. The number of rotatable bonds is 3. The van der Waals surface area contributed by atoms with Gasteiger partial charge in [-0.1, -0.05) is 4.99 Å². The summed E-state index contributed by atoms with van der Waals surface area (Å²) in [7, 11) is 0. The molecule has 0 spiro atoms. The number of nitrogens with two attached hydrogens (primary N) is 2. The summed E-state index contributed by atoms with van der Waals surface area (Å²) in [5, 5.41) is 0. The number of hydrogen-bond acceptors (Lipinski definition) is 6. The van der Waals surface area contributed by atoms with E-state index in [4.69, 9.17) is 21.2 Å². The zero-order chi connectivity index (χ0) is 13.3. The van der Waals surface area contributed by atoms with Crippen LogP contribution in [-0.4, -0.2) is 29.4 Å². The standard InChI is InChI=1S/C9H11N5O4/c1-5(15)18-14-3-6(8(10)16)2-13(11)9(14)12-7-4-17-7/h2-3,7H,4,11H2,1H3,(H-,10,16)/p+1. The van der Waals surface area contributed by atoms with Gasteiger partial charge in [0.1, 0.15) is 24.6 Å². The molecule has 0 radical (unpaired) electrons. The summed E-state index contributed by atoms with van der Waals surface area (Å²) >= 11 is 0. The Morgan fingerprint density at radius 1 is 1.67 bits per heavy atom. The van der Waals surface area contributed by atoms with Gasteiger partial charge in [-0.15, -0.1) is 4.68 Å². The van der Waals surface area contributed by atoms with Gasteiger partial charge in [0.2, 0.25) is 6.23 Å². The van der Waals surface area contributed by atoms with Gasteiger partial charge in [-0.25, -0.2) is 4.79 Å². The molecule has 2 heterocycles. The van der Waals surface area contributed by atoms with E-state index < -0.39 is 11.9 Å². The molecule has 0 aliphatic carbocycles. The molecule has 1 fully saturated rings. The molecule has 1 aromatic rings. The summed E-state index contributed by atoms with van der Waals surface area (Å²) < 4.78 is 6.93. The summed E-state index contributed by atoms with van der Waals surface area (Å²) in [6.07, 6.45) is 2.19. The Kier molecular flexibility index (Phi) is 2.98. The van der Waals surface area contributed by atoms with Crippen LogP contribution in [-0.2, 0) is 9.53 Å². The van der Waals surface area contributed by atoms with Crippen molar-refractivity contribution in [1.82, 2.24) is 4.73 Å². The Morgan fingerprint density at radius 2 is 2.33 bits per heavy atom. The first-order valence-electron chi connectivity index (χ1n) is 5.05. The number of carbonyl (C=O) groups excluding carboxylic acids is 2. The van der Waals surface area contributed by atoms with E-state index in [0.29, 0.717) is 6.61 Å². The topological polar surface area (TPSA) is 129 Å². The first kappa shape index (κ1) is 12.0. The lowest BCUT2D eigenvalue weighted by molar-refractivity contribution is -0.664. The zero-order valence-electron chi connectivity index (χ0n) is 9.57. The van der Waals surface area contributed by atoms with E-state index in [1.165, 1.54) is 19.3 Å². The zero-order valence-corrected chi connectivity index (χ0v) is 9.57. The lowest BCUT2D eigenvalue weighted by Gasteiger charge is -2.03. The fourth-order valence-corrected chi connectivity index (χ4v) is 1.24. The predicted octanol–water partition coefficient (Wildman–Crippen LogP) is -3.18. The highest BCUT2D eigenvalue weighted by molar-refractivity contribution is 5.91. The minimum atomic E-state index is -0.704. The van der Waals surface area contributed by atoms with E-state index in [0.717, 1.165) is 9.41 Å². The van der Waals surface area contributed by atoms with Gasteiger partial charge < -0.3 is 10.5 Å². The summed E-state index contributed by atoms with van der Waals surface area (Å²) in [4.78, 5) is 31.0. The number of aromatic nitrogens is 2. The van der Waals surface area contributed by atoms with Gasteiger partial charge >= 0.3 is 11.6 Å². The normalized spacial score (nSPS) is 18.5. The van der Waals surface area contributed by atoms with Crippen LogP contribution in [0.4, 0.5) is 0 Å². The third-order valence-electron chi connectivity index (χ3n) is 2.05. The van der Waals surface area contributed by atoms with Gasteiger partial charge in [-0.05, 0) is 4.73 Å². The molecule has 2 rings (SSSR count). The molecule has 1 unspecified atom stereocenters. The second-order valence-corrected chi connectivity index (χ2v) is 3.61. The van der Waals surface area contributed by atoms with Crippen LogP contribution in [0.5, 0.6) is 0 Å². The summed E-state index contributed by atoms with van der Waals surface area (Å²) in [6.45, 7) is 1.68. The van der Waals surface area contributed by atoms with Gasteiger partial charge in [0.05, 0.1) is 0 Å². The average Bonchev–Trinajstić information content (AvgIpc) is 3.05. The third-order valence-corrected chi connectivity index (χ3v) is 2.05. The van der Waals surface area contributed by atoms with Crippen molar-refractivity contribution in [1.29, 1.82) is 0 Å². The lowest BCUT2D eigenvalue weighted by atomic mass is 10.3. The summed E-state index contributed by atoms with van der Waals surface area (Å²) in [5.74, 6) is 4.37. The maximum atomic E-state index is 11.1. The highest BCUT2D eigenvalue weighted by Crippen LogP contribution is 2.07. The van der Waals surface area contributed by atoms with E-state index >= 15 is 0 Å². The van der Waals surface area contributed by atoms with E-state index in [9.17, 15) is 9.59 Å². The molecule has 9 nitrogen and oxygen atoms in total. The van der Waals surface area contributed by atoms with Crippen molar-refractivity contribution in [3.8, 4) is 0 Å². The van der Waals surface area contributed by atoms with Crippen LogP contribution in [0.25, 0.3) is 0 Å². The van der Waals surface area contributed by atoms with E-state index in [-0.39, 0.29) is 17.4 Å². The maximum absolute atomic E-state index is 11.1. The number of nitrogens with zero attached hydrogens (tertiary/aromatic N) is 3. The minimum Gasteiger partial charge on any atom is -0.365 e. The Morgan fingerprint density at radius 3 is 2.83 bits per heavy atom. The predicted molar refractivity (Wildman–Crippen MR) is 55.9 cm³/mol. The number of amides is 1. The number of hydrogen-bond donors (Lipinski definition) is 2. The number of carbonyl (C=O) groups is 2. The van der Waals surface area contributed by atoms with E-state index in [2.05, 4.69) is 4.99 Å². The van der Waals surface area contributed by atoms with Crippen LogP contribution in [0.15, 0.2) is 17.4 Å². The molecule has 0 bridgehead atoms. The van der Waals surface area contributed by atoms with Crippen molar-refractivity contribution in [2.75, 3.05) is 12.4 Å². The second kappa shape index (κ2) is 4.45. The molecular weight excluding hydrogens is 242 g/mol. The lowest BCUT2D eigenvalue weighted by Crippen LogP contribution is -2.63. The Balaban J connectivity index is 2.55. The second-order valence-electron chi connectivity index (χ2n) is 3.61. The van der Waals surface area contributed by atoms with E-state index in [1.807, 2.05) is 0 Å². The SMILES string of the molecule is CC(=O)On1cc(C(N)=O)c[n+](N)c1=NC1CO1. The smallest absolute Gasteiger partial charge is 0.365 e. The Bertz CT molecular complexity index is 575. The molecule has 1 amide bonds. The maximum Gasteiger partial charge on any atom is 0.455 e. The highest BCUT2D eigenvalue weighted by Gasteiger charge is 2.28. The highest BCUT2D eigenvalue weighted by atomic mass is 16.7. The Hall–Kier alpha value is -2.42. The largest absolute Gasteiger partial charge is 0.455 e. The van der Waals surface area contributed by atoms with Gasteiger partial charge in [0.15, 0.2) is 0 Å². The van der Waals surface area contributed by atoms with Crippen molar-refractivity contribution in [2.45, 2.75) is 13.2 Å². The van der Waals surface area contributed by atoms with Crippen molar-refractivity contribution in [2.24, 2.45) is 10.7 Å². The molecule has 0 saturated carbocycles. The number of primary amides is 1. The molecule has 0 aromatic carbocycles. The van der Waals surface area contributed by atoms with Crippen LogP contribution in [0, 0.1) is 0 Å². The molecule has 1 aliphatic heterocycles. The van der Waals surface area contributed by atoms with Gasteiger partial charge in [-0.3, -0.25) is 15.5 Å². The van der Waals surface area contributed by atoms with E-state index in [1.54, 1.807) is 0 Å². The molecular formula is C9H12N5O4+. The monoisotopic (exact) mass is 254 g/mol.